The number of hydrogen-bond acceptors (Lipinski definition) is 8. The number of morpholine rings is 1. The van der Waals surface area contributed by atoms with Crippen LogP contribution in [-0.2, 0) is 4.74 Å². The minimum Gasteiger partial charge on any atom is -0.422 e. The molecule has 1 aliphatic heterocycles. The van der Waals surface area contributed by atoms with E-state index < -0.39 is 11.7 Å². The molecule has 180 valence electrons. The van der Waals surface area contributed by atoms with Gasteiger partial charge in [0.2, 0.25) is 5.95 Å². The van der Waals surface area contributed by atoms with Crippen LogP contribution < -0.4 is 16.3 Å². The Hall–Kier alpha value is -4.34. The normalized spacial score (nSPS) is 15.9. The van der Waals surface area contributed by atoms with Gasteiger partial charge in [-0.1, -0.05) is 18.2 Å². The maximum absolute atomic E-state index is 12.8. The third-order valence-corrected chi connectivity index (χ3v) is 6.33. The smallest absolute Gasteiger partial charge is 0.347 e. The summed E-state index contributed by atoms with van der Waals surface area (Å²) < 4.78 is 11.4. The first-order valence-corrected chi connectivity index (χ1v) is 11.7. The summed E-state index contributed by atoms with van der Waals surface area (Å²) in [6, 6.07) is 15.3. The third kappa shape index (κ3) is 3.94. The van der Waals surface area contributed by atoms with Gasteiger partial charge in [-0.25, -0.2) is 14.8 Å². The molecule has 0 radical (unpaired) electrons. The second-order valence-electron chi connectivity index (χ2n) is 8.65. The standard InChI is InChI=1S/C27H23N5O4/c1-15(33)24-25(23-14-28-10-11-35-23)18-7-6-16(12-22(18)36-26(24)34)31-27-29-9-8-21(32-27)19-13-30-20-5-3-2-4-17(19)20/h2-9,12-13,23,28,30H,10-11,14H2,1H3,(H,29,31,32). The molecule has 3 N–H and O–H groups in total. The highest BCUT2D eigenvalue weighted by Crippen LogP contribution is 2.32. The highest BCUT2D eigenvalue weighted by atomic mass is 16.5. The van der Waals surface area contributed by atoms with Crippen LogP contribution in [0.15, 0.2) is 70.1 Å². The van der Waals surface area contributed by atoms with E-state index >= 15 is 0 Å². The van der Waals surface area contributed by atoms with E-state index in [4.69, 9.17) is 9.15 Å². The van der Waals surface area contributed by atoms with Gasteiger partial charge < -0.3 is 24.8 Å². The molecule has 36 heavy (non-hydrogen) atoms. The summed E-state index contributed by atoms with van der Waals surface area (Å²) in [5.74, 6) is 0.0550. The molecular weight excluding hydrogens is 458 g/mol. The minimum atomic E-state index is -0.672. The van der Waals surface area contributed by atoms with E-state index in [9.17, 15) is 9.59 Å². The maximum atomic E-state index is 12.8. The Morgan fingerprint density at radius 3 is 2.86 bits per heavy atom. The molecule has 1 fully saturated rings. The highest BCUT2D eigenvalue weighted by molar-refractivity contribution is 6.00. The number of para-hydroxylation sites is 1. The van der Waals surface area contributed by atoms with Crippen molar-refractivity contribution in [1.82, 2.24) is 20.3 Å². The molecule has 1 saturated heterocycles. The van der Waals surface area contributed by atoms with Crippen molar-refractivity contribution in [1.29, 1.82) is 0 Å². The van der Waals surface area contributed by atoms with Gasteiger partial charge in [-0.2, -0.15) is 0 Å². The third-order valence-electron chi connectivity index (χ3n) is 6.33. The Labute approximate surface area is 205 Å². The summed E-state index contributed by atoms with van der Waals surface area (Å²) in [7, 11) is 0. The number of benzene rings is 2. The van der Waals surface area contributed by atoms with Crippen molar-refractivity contribution >= 4 is 39.3 Å². The van der Waals surface area contributed by atoms with Gasteiger partial charge >= 0.3 is 5.63 Å². The number of carbonyl (C=O) groups is 1. The SMILES string of the molecule is CC(=O)c1c(C2CNCCO2)c2ccc(Nc3nccc(-c4c[nH]c5ccccc45)n3)cc2oc1=O. The predicted molar refractivity (Wildman–Crippen MR) is 137 cm³/mol. The van der Waals surface area contributed by atoms with E-state index in [1.165, 1.54) is 6.92 Å². The van der Waals surface area contributed by atoms with Gasteiger partial charge in [0.1, 0.15) is 11.1 Å². The number of H-pyrrole nitrogens is 1. The molecule has 1 aliphatic rings. The molecule has 1 atom stereocenters. The number of nitrogens with zero attached hydrogens (tertiary/aromatic N) is 2. The molecule has 0 bridgehead atoms. The molecule has 9 heteroatoms. The zero-order valence-electron chi connectivity index (χ0n) is 19.5. The second-order valence-corrected chi connectivity index (χ2v) is 8.65. The molecule has 2 aromatic carbocycles. The van der Waals surface area contributed by atoms with Gasteiger partial charge in [0.25, 0.3) is 0 Å². The number of Topliss-reactive ketones (excluding diaryl/α,β-unsaturated/α-hetero) is 1. The lowest BCUT2D eigenvalue weighted by Crippen LogP contribution is -2.35. The van der Waals surface area contributed by atoms with E-state index in [2.05, 4.69) is 25.6 Å². The zero-order chi connectivity index (χ0) is 24.6. The van der Waals surface area contributed by atoms with Gasteiger partial charge in [0.05, 0.1) is 18.4 Å². The van der Waals surface area contributed by atoms with Crippen LogP contribution in [0.3, 0.4) is 0 Å². The number of ether oxygens (including phenoxy) is 1. The summed E-state index contributed by atoms with van der Waals surface area (Å²) >= 11 is 0. The highest BCUT2D eigenvalue weighted by Gasteiger charge is 2.27. The number of nitrogens with one attached hydrogen (secondary N) is 3. The summed E-state index contributed by atoms with van der Waals surface area (Å²) in [6.45, 7) is 3.09. The van der Waals surface area contributed by atoms with Crippen LogP contribution in [0.2, 0.25) is 0 Å². The largest absolute Gasteiger partial charge is 0.422 e. The molecule has 5 aromatic rings. The summed E-state index contributed by atoms with van der Waals surface area (Å²) in [5.41, 5.74) is 3.70. The lowest BCUT2D eigenvalue weighted by atomic mass is 9.96. The number of rotatable bonds is 5. The Balaban J connectivity index is 1.38. The molecule has 4 heterocycles. The van der Waals surface area contributed by atoms with Crippen molar-refractivity contribution in [3.8, 4) is 11.3 Å². The van der Waals surface area contributed by atoms with Gasteiger partial charge in [0.15, 0.2) is 5.78 Å². The first kappa shape index (κ1) is 22.1. The van der Waals surface area contributed by atoms with Crippen LogP contribution in [0.25, 0.3) is 33.1 Å². The van der Waals surface area contributed by atoms with Crippen molar-refractivity contribution in [2.24, 2.45) is 0 Å². The fourth-order valence-corrected chi connectivity index (χ4v) is 4.70. The molecule has 1 unspecified atom stereocenters. The van der Waals surface area contributed by atoms with E-state index in [0.29, 0.717) is 41.3 Å². The van der Waals surface area contributed by atoms with E-state index in [-0.39, 0.29) is 11.3 Å². The lowest BCUT2D eigenvalue weighted by molar-refractivity contribution is 0.0277. The maximum Gasteiger partial charge on any atom is 0.347 e. The number of aromatic amines is 1. The molecule has 9 nitrogen and oxygen atoms in total. The van der Waals surface area contributed by atoms with E-state index in [1.54, 1.807) is 12.3 Å². The summed E-state index contributed by atoms with van der Waals surface area (Å²) in [5, 5.41) is 8.18. The Morgan fingerprint density at radius 1 is 1.14 bits per heavy atom. The molecule has 6 rings (SSSR count). The number of hydrogen-bond donors (Lipinski definition) is 3. The Bertz CT molecular complexity index is 1670. The summed E-state index contributed by atoms with van der Waals surface area (Å²) in [6.07, 6.45) is 3.20. The van der Waals surface area contributed by atoms with Gasteiger partial charge in [0, 0.05) is 64.7 Å². The second kappa shape index (κ2) is 9.03. The predicted octanol–water partition coefficient (Wildman–Crippen LogP) is 4.34. The first-order chi connectivity index (χ1) is 17.6. The van der Waals surface area contributed by atoms with Crippen LogP contribution in [0.1, 0.15) is 28.9 Å². The Morgan fingerprint density at radius 2 is 2.03 bits per heavy atom. The van der Waals surface area contributed by atoms with Crippen LogP contribution in [0.5, 0.6) is 0 Å². The van der Waals surface area contributed by atoms with Crippen molar-refractivity contribution < 1.29 is 13.9 Å². The molecule has 0 aliphatic carbocycles. The van der Waals surface area contributed by atoms with Gasteiger partial charge in [-0.15, -0.1) is 0 Å². The van der Waals surface area contributed by atoms with Crippen LogP contribution in [0.4, 0.5) is 11.6 Å². The van der Waals surface area contributed by atoms with Gasteiger partial charge in [-0.3, -0.25) is 4.79 Å². The first-order valence-electron chi connectivity index (χ1n) is 11.7. The van der Waals surface area contributed by atoms with Crippen LogP contribution in [0, 0.1) is 0 Å². The minimum absolute atomic E-state index is 0.0340. The lowest BCUT2D eigenvalue weighted by Gasteiger charge is -2.26. The van der Waals surface area contributed by atoms with Crippen molar-refractivity contribution in [2.45, 2.75) is 13.0 Å². The number of carbonyl (C=O) groups excluding carboxylic acids is 1. The van der Waals surface area contributed by atoms with Gasteiger partial charge in [-0.05, 0) is 31.2 Å². The topological polar surface area (TPSA) is 122 Å². The van der Waals surface area contributed by atoms with Crippen molar-refractivity contribution in [2.75, 3.05) is 25.0 Å². The van der Waals surface area contributed by atoms with Crippen LogP contribution >= 0.6 is 0 Å². The molecular formula is C27H23N5O4. The van der Waals surface area contributed by atoms with Crippen molar-refractivity contribution in [3.63, 3.8) is 0 Å². The average molecular weight is 482 g/mol. The number of fused-ring (bicyclic) bond motifs is 2. The monoisotopic (exact) mass is 481 g/mol. The fraction of sp³-hybridized carbons (Fsp3) is 0.185. The molecule has 0 amide bonds. The van der Waals surface area contributed by atoms with E-state index in [0.717, 1.165) is 28.7 Å². The number of aromatic nitrogens is 3. The van der Waals surface area contributed by atoms with Crippen LogP contribution in [-0.4, -0.2) is 40.4 Å². The number of anilines is 2. The fourth-order valence-electron chi connectivity index (χ4n) is 4.70. The number of ketones is 1. The molecule has 0 saturated carbocycles. The average Bonchev–Trinajstić information content (AvgIpc) is 3.32. The van der Waals surface area contributed by atoms with E-state index in [1.807, 2.05) is 48.7 Å². The summed E-state index contributed by atoms with van der Waals surface area (Å²) in [4.78, 5) is 37.4. The molecule has 0 spiro atoms. The quantitative estimate of drug-likeness (QED) is 0.250. The molecule has 3 aromatic heterocycles. The van der Waals surface area contributed by atoms with Crippen molar-refractivity contribution in [3.05, 3.63) is 82.5 Å². The zero-order valence-corrected chi connectivity index (χ0v) is 19.5. The Kier molecular flexibility index (Phi) is 5.55.